The molecule has 0 fully saturated rings. The lowest BCUT2D eigenvalue weighted by Crippen LogP contribution is -2.34. The second-order valence-electron chi connectivity index (χ2n) is 7.10. The van der Waals surface area contributed by atoms with Crippen molar-refractivity contribution in [3.8, 4) is 0 Å². The van der Waals surface area contributed by atoms with Gasteiger partial charge in [0, 0.05) is 47.5 Å². The fourth-order valence-electron chi connectivity index (χ4n) is 4.51. The van der Waals surface area contributed by atoms with Gasteiger partial charge in [0.15, 0.2) is 11.4 Å². The zero-order chi connectivity index (χ0) is 18.1. The van der Waals surface area contributed by atoms with Gasteiger partial charge in [-0.2, -0.15) is 4.48 Å². The van der Waals surface area contributed by atoms with E-state index in [0.717, 1.165) is 12.8 Å². The Balaban J connectivity index is 1.99. The number of nitrogens with zero attached hydrogens (tertiary/aromatic N) is 1. The molecule has 5 rings (SSSR count). The smallest absolute Gasteiger partial charge is 0.151 e. The number of fused-ring (bicyclic) bond motifs is 2. The summed E-state index contributed by atoms with van der Waals surface area (Å²) in [6, 6.07) is 39.7. The molecule has 0 unspecified atom stereocenters. The van der Waals surface area contributed by atoms with Gasteiger partial charge in [-0.05, 0) is 12.8 Å². The maximum Gasteiger partial charge on any atom is 0.151 e. The fourth-order valence-corrected chi connectivity index (χ4v) is 4.51. The second kappa shape index (κ2) is 6.53. The number of hydrogen-bond acceptors (Lipinski definition) is 0. The summed E-state index contributed by atoms with van der Waals surface area (Å²) < 4.78 is 0.633. The molecule has 0 atom stereocenters. The molecular formula is C26H22N+. The third kappa shape index (κ3) is 2.43. The SMILES string of the molecule is c1ccc([N+]2(c3ccccc3)c3ccccc3CCc3ccccc32)cc1. The molecule has 0 saturated carbocycles. The molecular weight excluding hydrogens is 326 g/mol. The van der Waals surface area contributed by atoms with E-state index in [1.165, 1.54) is 33.9 Å². The Morgan fingerprint density at radius 3 is 1.22 bits per heavy atom. The average Bonchev–Trinajstić information content (AvgIpc) is 2.90. The lowest BCUT2D eigenvalue weighted by molar-refractivity contribution is 0.700. The number of rotatable bonds is 2. The van der Waals surface area contributed by atoms with E-state index in [9.17, 15) is 0 Å². The predicted octanol–water partition coefficient (Wildman–Crippen LogP) is 7.09. The first kappa shape index (κ1) is 16.0. The van der Waals surface area contributed by atoms with E-state index in [4.69, 9.17) is 0 Å². The van der Waals surface area contributed by atoms with Crippen molar-refractivity contribution < 1.29 is 0 Å². The molecule has 1 aliphatic rings. The van der Waals surface area contributed by atoms with Crippen molar-refractivity contribution in [3.63, 3.8) is 0 Å². The maximum atomic E-state index is 2.30. The van der Waals surface area contributed by atoms with Crippen LogP contribution in [0.1, 0.15) is 11.1 Å². The molecule has 0 saturated heterocycles. The summed E-state index contributed by atoms with van der Waals surface area (Å²) >= 11 is 0. The molecule has 0 amide bonds. The van der Waals surface area contributed by atoms with Gasteiger partial charge in [0.1, 0.15) is 11.4 Å². The van der Waals surface area contributed by atoms with Crippen LogP contribution in [-0.4, -0.2) is 0 Å². The highest BCUT2D eigenvalue weighted by atomic mass is 15.4. The number of aryl methyl sites for hydroxylation is 2. The Hall–Kier alpha value is -3.16. The highest BCUT2D eigenvalue weighted by Crippen LogP contribution is 2.54. The van der Waals surface area contributed by atoms with Crippen molar-refractivity contribution in [2.45, 2.75) is 12.8 Å². The first-order valence-corrected chi connectivity index (χ1v) is 9.58. The van der Waals surface area contributed by atoms with Crippen LogP contribution in [0.2, 0.25) is 0 Å². The summed E-state index contributed by atoms with van der Waals surface area (Å²) in [5, 5.41) is 0. The minimum atomic E-state index is 0.633. The molecule has 130 valence electrons. The summed E-state index contributed by atoms with van der Waals surface area (Å²) in [7, 11) is 0. The molecule has 4 aromatic rings. The maximum absolute atomic E-state index is 2.30. The van der Waals surface area contributed by atoms with E-state index in [1.54, 1.807) is 0 Å². The second-order valence-corrected chi connectivity index (χ2v) is 7.10. The fraction of sp³-hybridized carbons (Fsp3) is 0.0769. The molecule has 0 radical (unpaired) electrons. The summed E-state index contributed by atoms with van der Waals surface area (Å²) in [5.41, 5.74) is 8.07. The van der Waals surface area contributed by atoms with Crippen LogP contribution in [0.25, 0.3) is 0 Å². The lowest BCUT2D eigenvalue weighted by atomic mass is 10.0. The number of benzene rings is 4. The molecule has 0 bridgehead atoms. The van der Waals surface area contributed by atoms with Crippen molar-refractivity contribution in [3.05, 3.63) is 120 Å². The normalized spacial score (nSPS) is 14.7. The van der Waals surface area contributed by atoms with Crippen LogP contribution in [0.15, 0.2) is 109 Å². The number of hydrogen-bond donors (Lipinski definition) is 0. The van der Waals surface area contributed by atoms with E-state index >= 15 is 0 Å². The van der Waals surface area contributed by atoms with Crippen molar-refractivity contribution in [2.24, 2.45) is 0 Å². The lowest BCUT2D eigenvalue weighted by Gasteiger charge is -2.38. The molecule has 1 heteroatoms. The minimum absolute atomic E-state index is 0.633. The Labute approximate surface area is 160 Å². The zero-order valence-electron chi connectivity index (χ0n) is 15.3. The van der Waals surface area contributed by atoms with Gasteiger partial charge in [0.2, 0.25) is 0 Å². The molecule has 1 aliphatic heterocycles. The quantitative estimate of drug-likeness (QED) is 0.339. The van der Waals surface area contributed by atoms with Crippen molar-refractivity contribution in [1.82, 2.24) is 4.48 Å². The molecule has 0 spiro atoms. The van der Waals surface area contributed by atoms with Crippen LogP contribution < -0.4 is 4.48 Å². The average molecular weight is 348 g/mol. The standard InChI is InChI=1S/C26H22N/c1-3-13-23(14-4-1)27(24-15-5-2-6-16-24)25-17-9-7-11-21(25)19-20-22-12-8-10-18-26(22)27/h1-18H,19-20H2/q+1. The van der Waals surface area contributed by atoms with Gasteiger partial charge < -0.3 is 0 Å². The van der Waals surface area contributed by atoms with Crippen LogP contribution in [0.3, 0.4) is 0 Å². The Bertz CT molecular complexity index is 978. The monoisotopic (exact) mass is 348 g/mol. The van der Waals surface area contributed by atoms with Crippen LogP contribution in [0, 0.1) is 0 Å². The van der Waals surface area contributed by atoms with E-state index in [0.29, 0.717) is 4.48 Å². The Morgan fingerprint density at radius 2 is 0.778 bits per heavy atom. The van der Waals surface area contributed by atoms with E-state index < -0.39 is 0 Å². The van der Waals surface area contributed by atoms with Crippen molar-refractivity contribution in [1.29, 1.82) is 0 Å². The van der Waals surface area contributed by atoms with Gasteiger partial charge in [-0.1, -0.05) is 72.8 Å². The predicted molar refractivity (Wildman–Crippen MR) is 114 cm³/mol. The summed E-state index contributed by atoms with van der Waals surface area (Å²) in [4.78, 5) is 0. The topological polar surface area (TPSA) is 0 Å². The van der Waals surface area contributed by atoms with Gasteiger partial charge >= 0.3 is 0 Å². The summed E-state index contributed by atoms with van der Waals surface area (Å²) in [6.45, 7) is 0. The Morgan fingerprint density at radius 1 is 0.407 bits per heavy atom. The zero-order valence-corrected chi connectivity index (χ0v) is 15.3. The van der Waals surface area contributed by atoms with Crippen molar-refractivity contribution in [2.75, 3.05) is 0 Å². The van der Waals surface area contributed by atoms with Gasteiger partial charge in [0.25, 0.3) is 0 Å². The van der Waals surface area contributed by atoms with Gasteiger partial charge in [-0.25, -0.2) is 0 Å². The van der Waals surface area contributed by atoms with Crippen LogP contribution >= 0.6 is 0 Å². The first-order valence-electron chi connectivity index (χ1n) is 9.58. The molecule has 0 N–H and O–H groups in total. The number of quaternary nitrogens is 1. The highest BCUT2D eigenvalue weighted by molar-refractivity contribution is 5.85. The van der Waals surface area contributed by atoms with Gasteiger partial charge in [-0.15, -0.1) is 0 Å². The van der Waals surface area contributed by atoms with E-state index in [2.05, 4.69) is 109 Å². The van der Waals surface area contributed by atoms with Gasteiger partial charge in [0.05, 0.1) is 0 Å². The molecule has 0 aliphatic carbocycles. The van der Waals surface area contributed by atoms with Crippen LogP contribution in [0.4, 0.5) is 22.7 Å². The summed E-state index contributed by atoms with van der Waals surface area (Å²) in [6.07, 6.45) is 2.12. The summed E-state index contributed by atoms with van der Waals surface area (Å²) in [5.74, 6) is 0. The molecule has 1 nitrogen and oxygen atoms in total. The largest absolute Gasteiger partial charge is 0.194 e. The third-order valence-electron chi connectivity index (χ3n) is 5.66. The molecule has 0 aromatic heterocycles. The van der Waals surface area contributed by atoms with Crippen LogP contribution in [-0.2, 0) is 12.8 Å². The third-order valence-corrected chi connectivity index (χ3v) is 5.66. The minimum Gasteiger partial charge on any atom is -0.194 e. The first-order chi connectivity index (χ1) is 13.4. The molecule has 1 heterocycles. The highest BCUT2D eigenvalue weighted by Gasteiger charge is 2.43. The van der Waals surface area contributed by atoms with Gasteiger partial charge in [-0.3, -0.25) is 0 Å². The van der Waals surface area contributed by atoms with E-state index in [-0.39, 0.29) is 0 Å². The molecule has 4 aromatic carbocycles. The number of para-hydroxylation sites is 4. The van der Waals surface area contributed by atoms with E-state index in [1.807, 2.05) is 0 Å². The van der Waals surface area contributed by atoms with Crippen molar-refractivity contribution >= 4 is 22.7 Å². The van der Waals surface area contributed by atoms with Crippen LogP contribution in [0.5, 0.6) is 0 Å². The Kier molecular flexibility index (Phi) is 3.88. The molecule has 27 heavy (non-hydrogen) atoms.